The van der Waals surface area contributed by atoms with Crippen molar-refractivity contribution in [3.05, 3.63) is 36.0 Å². The maximum absolute atomic E-state index is 11.9. The fourth-order valence-electron chi connectivity index (χ4n) is 1.49. The number of aliphatic hydroxyl groups excluding tert-OH is 1. The Morgan fingerprint density at radius 3 is 2.68 bits per heavy atom. The van der Waals surface area contributed by atoms with Crippen LogP contribution in [0.5, 0.6) is 5.75 Å². The van der Waals surface area contributed by atoms with Crippen LogP contribution in [0.4, 0.5) is 5.69 Å². The molecule has 0 aliphatic carbocycles. The number of amides is 1. The highest BCUT2D eigenvalue weighted by atomic mass is 16.5. The van der Waals surface area contributed by atoms with Crippen LogP contribution < -0.4 is 15.4 Å². The predicted octanol–water partition coefficient (Wildman–Crippen LogP) is 0.640. The molecule has 7 nitrogen and oxygen atoms in total. The van der Waals surface area contributed by atoms with Gasteiger partial charge in [-0.2, -0.15) is 5.26 Å². The third kappa shape index (κ3) is 6.26. The third-order valence-corrected chi connectivity index (χ3v) is 2.59. The zero-order valence-electron chi connectivity index (χ0n) is 12.3. The summed E-state index contributed by atoms with van der Waals surface area (Å²) in [7, 11) is 1.56. The zero-order chi connectivity index (χ0) is 16.2. The first kappa shape index (κ1) is 17.5. The van der Waals surface area contributed by atoms with Crippen molar-refractivity contribution in [3.8, 4) is 11.8 Å². The Morgan fingerprint density at radius 1 is 1.36 bits per heavy atom. The molecule has 22 heavy (non-hydrogen) atoms. The number of rotatable bonds is 9. The summed E-state index contributed by atoms with van der Waals surface area (Å²) < 4.78 is 10.1. The first-order valence-electron chi connectivity index (χ1n) is 6.69. The van der Waals surface area contributed by atoms with Gasteiger partial charge in [-0.05, 0) is 24.3 Å². The summed E-state index contributed by atoms with van der Waals surface area (Å²) in [6.07, 6.45) is 1.33. The Bertz CT molecular complexity index is 535. The van der Waals surface area contributed by atoms with Crippen LogP contribution in [0.2, 0.25) is 0 Å². The van der Waals surface area contributed by atoms with Crippen LogP contribution in [0, 0.1) is 11.3 Å². The minimum atomic E-state index is -0.503. The number of nitrogens with one attached hydrogen (secondary N) is 2. The molecule has 0 fully saturated rings. The molecular formula is C15H19N3O4. The van der Waals surface area contributed by atoms with Gasteiger partial charge in [0.05, 0.1) is 26.9 Å². The lowest BCUT2D eigenvalue weighted by Crippen LogP contribution is -2.19. The van der Waals surface area contributed by atoms with E-state index in [4.69, 9.17) is 19.8 Å². The summed E-state index contributed by atoms with van der Waals surface area (Å²) in [5.41, 5.74) is 0.524. The molecule has 0 radical (unpaired) electrons. The van der Waals surface area contributed by atoms with E-state index >= 15 is 0 Å². The van der Waals surface area contributed by atoms with Crippen molar-refractivity contribution in [2.45, 2.75) is 0 Å². The van der Waals surface area contributed by atoms with E-state index in [-0.39, 0.29) is 18.8 Å². The summed E-state index contributed by atoms with van der Waals surface area (Å²) in [4.78, 5) is 11.9. The van der Waals surface area contributed by atoms with E-state index in [0.29, 0.717) is 24.6 Å². The Morgan fingerprint density at radius 2 is 2.09 bits per heavy atom. The van der Waals surface area contributed by atoms with Crippen molar-refractivity contribution in [1.29, 1.82) is 5.26 Å². The molecule has 3 N–H and O–H groups in total. The summed E-state index contributed by atoms with van der Waals surface area (Å²) in [6.45, 7) is 1.02. The first-order valence-corrected chi connectivity index (χ1v) is 6.69. The minimum absolute atomic E-state index is 0.0381. The van der Waals surface area contributed by atoms with Gasteiger partial charge >= 0.3 is 0 Å². The van der Waals surface area contributed by atoms with Crippen LogP contribution in [0.1, 0.15) is 0 Å². The van der Waals surface area contributed by atoms with E-state index in [0.717, 1.165) is 0 Å². The number of nitriles is 1. The first-order chi connectivity index (χ1) is 10.7. The second-order valence-electron chi connectivity index (χ2n) is 4.14. The van der Waals surface area contributed by atoms with Crippen LogP contribution in [0.3, 0.4) is 0 Å². The second kappa shape index (κ2) is 10.2. The second-order valence-corrected chi connectivity index (χ2v) is 4.14. The molecule has 1 aromatic rings. The topological polar surface area (TPSA) is 104 Å². The average molecular weight is 305 g/mol. The lowest BCUT2D eigenvalue weighted by Gasteiger charge is -2.06. The smallest absolute Gasteiger partial charge is 0.267 e. The number of anilines is 1. The van der Waals surface area contributed by atoms with Gasteiger partial charge in [-0.15, -0.1) is 0 Å². The number of nitrogens with zero attached hydrogens (tertiary/aromatic N) is 1. The number of ether oxygens (including phenoxy) is 2. The van der Waals surface area contributed by atoms with Crippen molar-refractivity contribution < 1.29 is 19.4 Å². The van der Waals surface area contributed by atoms with Crippen molar-refractivity contribution in [2.24, 2.45) is 0 Å². The molecule has 1 aromatic carbocycles. The highest BCUT2D eigenvalue weighted by molar-refractivity contribution is 6.06. The van der Waals surface area contributed by atoms with E-state index in [9.17, 15) is 4.79 Å². The molecular weight excluding hydrogens is 286 g/mol. The molecule has 1 amide bonds. The standard InChI is InChI=1S/C15H19N3O4/c1-21-14-4-2-13(3-5-14)18-15(20)12(10-16)11-17-6-8-22-9-7-19/h2-5,11,17,19H,6-9H2,1H3,(H,18,20)/b12-11-. The van der Waals surface area contributed by atoms with Gasteiger partial charge in [0.2, 0.25) is 0 Å². The Kier molecular flexibility index (Phi) is 8.12. The average Bonchev–Trinajstić information content (AvgIpc) is 2.55. The van der Waals surface area contributed by atoms with E-state index in [2.05, 4.69) is 10.6 Å². The van der Waals surface area contributed by atoms with E-state index in [1.807, 2.05) is 6.07 Å². The van der Waals surface area contributed by atoms with E-state index in [1.54, 1.807) is 31.4 Å². The fraction of sp³-hybridized carbons (Fsp3) is 0.333. The van der Waals surface area contributed by atoms with Crippen molar-refractivity contribution in [1.82, 2.24) is 5.32 Å². The lowest BCUT2D eigenvalue weighted by molar-refractivity contribution is -0.112. The number of hydrogen-bond acceptors (Lipinski definition) is 6. The van der Waals surface area contributed by atoms with Gasteiger partial charge in [0, 0.05) is 18.4 Å². The molecule has 0 saturated heterocycles. The number of aliphatic hydroxyl groups is 1. The molecule has 0 unspecified atom stereocenters. The Labute approximate surface area is 129 Å². The largest absolute Gasteiger partial charge is 0.497 e. The van der Waals surface area contributed by atoms with Crippen LogP contribution in [0.25, 0.3) is 0 Å². The van der Waals surface area contributed by atoms with Crippen LogP contribution in [-0.2, 0) is 9.53 Å². The van der Waals surface area contributed by atoms with Gasteiger partial charge in [0.1, 0.15) is 17.4 Å². The van der Waals surface area contributed by atoms with Crippen LogP contribution >= 0.6 is 0 Å². The molecule has 7 heteroatoms. The summed E-state index contributed by atoms with van der Waals surface area (Å²) in [5, 5.41) is 23.0. The van der Waals surface area contributed by atoms with Gasteiger partial charge in [0.15, 0.2) is 0 Å². The molecule has 0 aliphatic rings. The monoisotopic (exact) mass is 305 g/mol. The molecule has 0 aromatic heterocycles. The molecule has 0 bridgehead atoms. The number of benzene rings is 1. The summed E-state index contributed by atoms with van der Waals surface area (Å²) in [6, 6.07) is 8.61. The van der Waals surface area contributed by atoms with Gasteiger partial charge in [-0.3, -0.25) is 4.79 Å². The molecule has 0 saturated carbocycles. The van der Waals surface area contributed by atoms with Gasteiger partial charge < -0.3 is 25.2 Å². The highest BCUT2D eigenvalue weighted by Crippen LogP contribution is 2.15. The quantitative estimate of drug-likeness (QED) is 0.351. The number of carbonyl (C=O) groups is 1. The van der Waals surface area contributed by atoms with Crippen molar-refractivity contribution in [2.75, 3.05) is 38.8 Å². The van der Waals surface area contributed by atoms with E-state index in [1.165, 1.54) is 6.20 Å². The lowest BCUT2D eigenvalue weighted by atomic mass is 10.2. The van der Waals surface area contributed by atoms with Crippen LogP contribution in [0.15, 0.2) is 36.0 Å². The predicted molar refractivity (Wildman–Crippen MR) is 81.2 cm³/mol. The normalized spacial score (nSPS) is 10.7. The number of carbonyl (C=O) groups excluding carboxylic acids is 1. The fourth-order valence-corrected chi connectivity index (χ4v) is 1.49. The number of hydrogen-bond donors (Lipinski definition) is 3. The highest BCUT2D eigenvalue weighted by Gasteiger charge is 2.09. The third-order valence-electron chi connectivity index (χ3n) is 2.59. The summed E-state index contributed by atoms with van der Waals surface area (Å²) >= 11 is 0. The van der Waals surface area contributed by atoms with Gasteiger partial charge in [-0.25, -0.2) is 0 Å². The maximum atomic E-state index is 11.9. The number of methoxy groups -OCH3 is 1. The molecule has 118 valence electrons. The van der Waals surface area contributed by atoms with E-state index < -0.39 is 5.91 Å². The molecule has 0 spiro atoms. The molecule has 0 aliphatic heterocycles. The Hall–Kier alpha value is -2.56. The maximum Gasteiger partial charge on any atom is 0.267 e. The van der Waals surface area contributed by atoms with Gasteiger partial charge in [0.25, 0.3) is 5.91 Å². The van der Waals surface area contributed by atoms with Crippen molar-refractivity contribution >= 4 is 11.6 Å². The summed E-state index contributed by atoms with van der Waals surface area (Å²) in [5.74, 6) is 0.176. The zero-order valence-corrected chi connectivity index (χ0v) is 12.3. The van der Waals surface area contributed by atoms with Crippen LogP contribution in [-0.4, -0.2) is 44.5 Å². The molecule has 1 rings (SSSR count). The SMILES string of the molecule is COc1ccc(NC(=O)/C(C#N)=C\NCCOCCO)cc1. The van der Waals surface area contributed by atoms with Crippen molar-refractivity contribution in [3.63, 3.8) is 0 Å². The molecule has 0 heterocycles. The molecule has 0 atom stereocenters. The minimum Gasteiger partial charge on any atom is -0.497 e. The van der Waals surface area contributed by atoms with Gasteiger partial charge in [-0.1, -0.05) is 0 Å². The Balaban J connectivity index is 2.47.